The van der Waals surface area contributed by atoms with Gasteiger partial charge in [-0.25, -0.2) is 0 Å². The molecule has 0 aliphatic heterocycles. The minimum Gasteiger partial charge on any atom is -0.389 e. The maximum Gasteiger partial charge on any atom is 0.228 e. The molecule has 0 aromatic heterocycles. The molecule has 1 saturated carbocycles. The number of ether oxygens (including phenoxy) is 1. The first-order chi connectivity index (χ1) is 12.7. The van der Waals surface area contributed by atoms with Gasteiger partial charge in [0.2, 0.25) is 5.91 Å². The van der Waals surface area contributed by atoms with E-state index in [9.17, 15) is 9.90 Å². The van der Waals surface area contributed by atoms with E-state index >= 15 is 0 Å². The molecule has 3 N–H and O–H groups in total. The number of nitrogens with one attached hydrogen (secondary N) is 2. The van der Waals surface area contributed by atoms with Gasteiger partial charge in [0, 0.05) is 13.0 Å². The van der Waals surface area contributed by atoms with Gasteiger partial charge in [0.1, 0.15) is 0 Å². The fourth-order valence-electron chi connectivity index (χ4n) is 3.45. The average molecular weight is 482 g/mol. The number of halogens is 1. The van der Waals surface area contributed by atoms with E-state index in [1.165, 1.54) is 51.4 Å². The molecule has 0 radical (unpaired) electrons. The van der Waals surface area contributed by atoms with Gasteiger partial charge in [-0.3, -0.25) is 8.32 Å². The predicted molar refractivity (Wildman–Crippen MR) is 115 cm³/mol. The summed E-state index contributed by atoms with van der Waals surface area (Å²) in [6, 6.07) is 0. The second-order valence-electron chi connectivity index (χ2n) is 7.55. The molecule has 1 aliphatic rings. The third-order valence-electron chi connectivity index (χ3n) is 5.07. The first-order valence-electron chi connectivity index (χ1n) is 10.6. The summed E-state index contributed by atoms with van der Waals surface area (Å²) in [6.45, 7) is 1.90. The monoisotopic (exact) mass is 482 g/mol. The third-order valence-corrected chi connectivity index (χ3v) is 5.67. The number of hydrogen-bond donors (Lipinski definition) is 3. The van der Waals surface area contributed by atoms with Crippen LogP contribution in [0, 0.1) is 0 Å². The van der Waals surface area contributed by atoms with Crippen molar-refractivity contribution in [2.45, 2.75) is 102 Å². The third kappa shape index (κ3) is 14.2. The Morgan fingerprint density at radius 1 is 1.00 bits per heavy atom. The minimum absolute atomic E-state index is 0.0993. The Hall–Kier alpha value is 0.0800. The van der Waals surface area contributed by atoms with Gasteiger partial charge < -0.3 is 15.2 Å². The van der Waals surface area contributed by atoms with Crippen molar-refractivity contribution in [2.75, 3.05) is 19.7 Å². The SMILES string of the molecule is O=C(CCCCCNC[C@@H](O)COC1CCCCCCCCCC1)NI. The maximum absolute atomic E-state index is 11.1. The smallest absolute Gasteiger partial charge is 0.228 e. The summed E-state index contributed by atoms with van der Waals surface area (Å²) in [4.78, 5) is 11.1. The zero-order valence-corrected chi connectivity index (χ0v) is 18.5. The van der Waals surface area contributed by atoms with E-state index < -0.39 is 6.10 Å². The molecule has 0 heterocycles. The second-order valence-corrected chi connectivity index (χ2v) is 8.09. The standard InChI is InChI=1S/C20H39IN2O3/c21-23-20(25)14-10-7-11-15-22-16-18(24)17-26-19-12-8-5-3-1-2-4-6-9-13-19/h18-19,22,24H,1-17H2,(H,23,25)/t18-/m1/s1. The topological polar surface area (TPSA) is 70.6 Å². The van der Waals surface area contributed by atoms with Crippen LogP contribution in [0.4, 0.5) is 0 Å². The molecule has 1 atom stereocenters. The van der Waals surface area contributed by atoms with Crippen LogP contribution in [0.5, 0.6) is 0 Å². The molecule has 26 heavy (non-hydrogen) atoms. The summed E-state index contributed by atoms with van der Waals surface area (Å²) in [5.41, 5.74) is 0. The van der Waals surface area contributed by atoms with Crippen LogP contribution in [0.3, 0.4) is 0 Å². The lowest BCUT2D eigenvalue weighted by molar-refractivity contribution is -0.118. The Kier molecular flexibility index (Phi) is 16.0. The molecule has 1 rings (SSSR count). The lowest BCUT2D eigenvalue weighted by atomic mass is 10.1. The van der Waals surface area contributed by atoms with Crippen molar-refractivity contribution in [1.29, 1.82) is 0 Å². The molecule has 0 spiro atoms. The number of aliphatic hydroxyl groups excluding tert-OH is 1. The van der Waals surface area contributed by atoms with Crippen molar-refractivity contribution >= 4 is 28.8 Å². The van der Waals surface area contributed by atoms with Gasteiger partial charge in [0.25, 0.3) is 0 Å². The van der Waals surface area contributed by atoms with Crippen molar-refractivity contribution in [3.63, 3.8) is 0 Å². The quantitative estimate of drug-likeness (QED) is 0.234. The molecule has 0 bridgehead atoms. The molecule has 0 unspecified atom stereocenters. The zero-order chi connectivity index (χ0) is 18.9. The average Bonchev–Trinajstić information content (AvgIpc) is 2.71. The highest BCUT2D eigenvalue weighted by atomic mass is 127. The predicted octanol–water partition coefficient (Wildman–Crippen LogP) is 4.26. The van der Waals surface area contributed by atoms with Crippen LogP contribution in [-0.4, -0.2) is 42.9 Å². The Morgan fingerprint density at radius 2 is 1.62 bits per heavy atom. The van der Waals surface area contributed by atoms with E-state index in [4.69, 9.17) is 4.74 Å². The minimum atomic E-state index is -0.432. The molecule has 6 heteroatoms. The van der Waals surface area contributed by atoms with E-state index in [1.54, 1.807) is 0 Å². The number of carbonyl (C=O) groups excluding carboxylic acids is 1. The summed E-state index contributed by atoms with van der Waals surface area (Å²) < 4.78 is 8.63. The van der Waals surface area contributed by atoms with Gasteiger partial charge in [0.05, 0.1) is 41.7 Å². The Labute approximate surface area is 173 Å². The number of hydrogen-bond acceptors (Lipinski definition) is 4. The van der Waals surface area contributed by atoms with Crippen LogP contribution in [-0.2, 0) is 9.53 Å². The number of amides is 1. The lowest BCUT2D eigenvalue weighted by Crippen LogP contribution is -2.32. The van der Waals surface area contributed by atoms with Crippen molar-refractivity contribution in [3.8, 4) is 0 Å². The largest absolute Gasteiger partial charge is 0.389 e. The Balaban J connectivity index is 2.02. The summed E-state index contributed by atoms with van der Waals surface area (Å²) in [7, 11) is 0. The van der Waals surface area contributed by atoms with Gasteiger partial charge in [0.15, 0.2) is 0 Å². The van der Waals surface area contributed by atoms with Gasteiger partial charge in [-0.1, -0.05) is 57.8 Å². The fourth-order valence-corrected chi connectivity index (χ4v) is 3.72. The van der Waals surface area contributed by atoms with Crippen LogP contribution in [0.25, 0.3) is 0 Å². The Bertz CT molecular complexity index is 333. The lowest BCUT2D eigenvalue weighted by Gasteiger charge is -2.20. The first kappa shape index (κ1) is 24.1. The molecule has 5 nitrogen and oxygen atoms in total. The molecule has 1 amide bonds. The Morgan fingerprint density at radius 3 is 2.23 bits per heavy atom. The van der Waals surface area contributed by atoms with E-state index in [1.807, 2.05) is 22.9 Å². The molecule has 0 aromatic carbocycles. The molecule has 1 aliphatic carbocycles. The number of unbranched alkanes of at least 4 members (excludes halogenated alkanes) is 2. The molecular weight excluding hydrogens is 443 g/mol. The number of rotatable bonds is 11. The second kappa shape index (κ2) is 17.2. The van der Waals surface area contributed by atoms with Gasteiger partial charge >= 0.3 is 0 Å². The van der Waals surface area contributed by atoms with Gasteiger partial charge in [-0.2, -0.15) is 0 Å². The summed E-state index contributed by atoms with van der Waals surface area (Å²) in [5.74, 6) is 0.0993. The zero-order valence-electron chi connectivity index (χ0n) is 16.3. The summed E-state index contributed by atoms with van der Waals surface area (Å²) in [5, 5.41) is 13.4. The van der Waals surface area contributed by atoms with E-state index in [0.717, 1.165) is 38.6 Å². The summed E-state index contributed by atoms with van der Waals surface area (Å²) in [6.07, 6.45) is 16.4. The molecule has 154 valence electrons. The number of aliphatic hydroxyl groups is 1. The van der Waals surface area contributed by atoms with E-state index in [2.05, 4.69) is 8.85 Å². The van der Waals surface area contributed by atoms with Crippen LogP contribution in [0.1, 0.15) is 89.9 Å². The van der Waals surface area contributed by atoms with Crippen LogP contribution in [0.15, 0.2) is 0 Å². The van der Waals surface area contributed by atoms with Crippen LogP contribution < -0.4 is 8.85 Å². The van der Waals surface area contributed by atoms with Crippen molar-refractivity contribution < 1.29 is 14.6 Å². The van der Waals surface area contributed by atoms with Crippen molar-refractivity contribution in [2.24, 2.45) is 0 Å². The highest BCUT2D eigenvalue weighted by Crippen LogP contribution is 2.19. The van der Waals surface area contributed by atoms with Gasteiger partial charge in [-0.05, 0) is 32.2 Å². The highest BCUT2D eigenvalue weighted by Gasteiger charge is 2.13. The van der Waals surface area contributed by atoms with E-state index in [0.29, 0.717) is 25.7 Å². The fraction of sp³-hybridized carbons (Fsp3) is 0.950. The van der Waals surface area contributed by atoms with Gasteiger partial charge in [-0.15, -0.1) is 0 Å². The molecule has 1 fully saturated rings. The normalized spacial score (nSPS) is 18.8. The molecule has 0 saturated heterocycles. The first-order valence-corrected chi connectivity index (χ1v) is 11.7. The van der Waals surface area contributed by atoms with Crippen molar-refractivity contribution in [1.82, 2.24) is 8.85 Å². The van der Waals surface area contributed by atoms with E-state index in [-0.39, 0.29) is 5.91 Å². The number of carbonyl (C=O) groups is 1. The molecular formula is C20H39IN2O3. The van der Waals surface area contributed by atoms with Crippen LogP contribution >= 0.6 is 22.9 Å². The maximum atomic E-state index is 11.1. The highest BCUT2D eigenvalue weighted by molar-refractivity contribution is 14.1. The summed E-state index contributed by atoms with van der Waals surface area (Å²) >= 11 is 1.88. The van der Waals surface area contributed by atoms with Crippen molar-refractivity contribution in [3.05, 3.63) is 0 Å². The van der Waals surface area contributed by atoms with Crippen LogP contribution in [0.2, 0.25) is 0 Å². The molecule has 0 aromatic rings.